The molecule has 0 bridgehead atoms. The number of amides is 1. The Hall–Kier alpha value is -0.940. The van der Waals surface area contributed by atoms with Crippen LogP contribution in [0.1, 0.15) is 39.6 Å². The first-order valence-electron chi connectivity index (χ1n) is 6.57. The molecule has 0 aromatic carbocycles. The van der Waals surface area contributed by atoms with Crippen LogP contribution in [0.5, 0.6) is 0 Å². The first kappa shape index (κ1) is 12.1. The quantitative estimate of drug-likeness (QED) is 0.906. The van der Waals surface area contributed by atoms with E-state index in [0.29, 0.717) is 6.61 Å². The van der Waals surface area contributed by atoms with Gasteiger partial charge < -0.3 is 10.1 Å². The molecule has 1 atom stereocenters. The molecule has 3 rings (SSSR count). The number of hydrogen-bond donors (Lipinski definition) is 1. The third-order valence-corrected chi connectivity index (χ3v) is 4.65. The molecule has 1 N–H and O–H groups in total. The minimum Gasteiger partial charge on any atom is -0.379 e. The molecule has 98 valence electrons. The molecule has 2 fully saturated rings. The Kier molecular flexibility index (Phi) is 3.35. The Balaban J connectivity index is 1.65. The van der Waals surface area contributed by atoms with Crippen LogP contribution in [0.3, 0.4) is 0 Å². The van der Waals surface area contributed by atoms with Crippen LogP contribution in [0.25, 0.3) is 0 Å². The van der Waals surface area contributed by atoms with E-state index in [1.54, 1.807) is 11.3 Å². The molecule has 2 aliphatic rings. The summed E-state index contributed by atoms with van der Waals surface area (Å²) in [6.45, 7) is 3.31. The second kappa shape index (κ2) is 4.97. The summed E-state index contributed by atoms with van der Waals surface area (Å²) in [6.07, 6.45) is 4.60. The van der Waals surface area contributed by atoms with E-state index in [4.69, 9.17) is 4.74 Å². The number of carbonyl (C=O) groups is 1. The molecule has 1 saturated carbocycles. The minimum absolute atomic E-state index is 0.0162. The fourth-order valence-corrected chi connectivity index (χ4v) is 3.30. The fraction of sp³-hybridized carbons (Fsp3) is 0.692. The van der Waals surface area contributed by atoms with Gasteiger partial charge in [-0.15, -0.1) is 11.3 Å². The van der Waals surface area contributed by atoms with Gasteiger partial charge in [-0.2, -0.15) is 0 Å². The number of aryl methyl sites for hydroxylation is 1. The van der Waals surface area contributed by atoms with Crippen LogP contribution in [0.15, 0.2) is 0 Å². The summed E-state index contributed by atoms with van der Waals surface area (Å²) in [7, 11) is 0. The lowest BCUT2D eigenvalue weighted by atomic mass is 10.2. The lowest BCUT2D eigenvalue weighted by Gasteiger charge is -2.09. The second-order valence-electron chi connectivity index (χ2n) is 5.20. The van der Waals surface area contributed by atoms with Crippen molar-refractivity contribution in [2.45, 2.75) is 38.6 Å². The van der Waals surface area contributed by atoms with Gasteiger partial charge in [-0.3, -0.25) is 4.79 Å². The van der Waals surface area contributed by atoms with E-state index < -0.39 is 0 Å². The van der Waals surface area contributed by atoms with Crippen molar-refractivity contribution in [1.29, 1.82) is 0 Å². The largest absolute Gasteiger partial charge is 0.379 e. The van der Waals surface area contributed by atoms with Gasteiger partial charge in [0.2, 0.25) is 0 Å². The highest BCUT2D eigenvalue weighted by Gasteiger charge is 2.25. The summed E-state index contributed by atoms with van der Waals surface area (Å²) < 4.78 is 5.26. The molecule has 18 heavy (non-hydrogen) atoms. The van der Waals surface area contributed by atoms with Gasteiger partial charge in [0.25, 0.3) is 5.91 Å². The van der Waals surface area contributed by atoms with Crippen LogP contribution in [0.4, 0.5) is 0 Å². The van der Waals surface area contributed by atoms with Crippen LogP contribution in [0, 0.1) is 12.8 Å². The molecular weight excluding hydrogens is 248 g/mol. The highest BCUT2D eigenvalue weighted by Crippen LogP contribution is 2.34. The molecule has 4 nitrogen and oxygen atoms in total. The molecular formula is C13H18N2O2S. The van der Waals surface area contributed by atoms with Crippen molar-refractivity contribution in [3.05, 3.63) is 15.6 Å². The predicted molar refractivity (Wildman–Crippen MR) is 70.0 cm³/mol. The predicted octanol–water partition coefficient (Wildman–Crippen LogP) is 1.92. The summed E-state index contributed by atoms with van der Waals surface area (Å²) in [5, 5.41) is 4.14. The van der Waals surface area contributed by atoms with Crippen molar-refractivity contribution in [3.63, 3.8) is 0 Å². The fourth-order valence-electron chi connectivity index (χ4n) is 2.22. The van der Waals surface area contributed by atoms with Crippen molar-refractivity contribution in [2.75, 3.05) is 13.2 Å². The smallest absolute Gasteiger partial charge is 0.263 e. The number of ether oxygens (including phenoxy) is 1. The SMILES string of the molecule is Cc1nc(CC2CC2)sc1C(=O)NC1CCOC1. The Morgan fingerprint density at radius 1 is 1.50 bits per heavy atom. The number of carbonyl (C=O) groups excluding carboxylic acids is 1. The summed E-state index contributed by atoms with van der Waals surface area (Å²) in [5.74, 6) is 0.831. The summed E-state index contributed by atoms with van der Waals surface area (Å²) in [5.41, 5.74) is 0.868. The number of rotatable bonds is 4. The average Bonchev–Trinajstić information content (AvgIpc) is 2.85. The Bertz CT molecular complexity index is 448. The van der Waals surface area contributed by atoms with Crippen molar-refractivity contribution in [2.24, 2.45) is 5.92 Å². The maximum atomic E-state index is 12.1. The molecule has 5 heteroatoms. The van der Waals surface area contributed by atoms with Crippen LogP contribution in [-0.4, -0.2) is 30.1 Å². The second-order valence-corrected chi connectivity index (χ2v) is 6.29. The third kappa shape index (κ3) is 2.72. The maximum absolute atomic E-state index is 12.1. The minimum atomic E-state index is 0.0162. The topological polar surface area (TPSA) is 51.2 Å². The van der Waals surface area contributed by atoms with Crippen molar-refractivity contribution < 1.29 is 9.53 Å². The van der Waals surface area contributed by atoms with Crippen LogP contribution in [0.2, 0.25) is 0 Å². The zero-order valence-corrected chi connectivity index (χ0v) is 11.4. The van der Waals surface area contributed by atoms with Crippen LogP contribution >= 0.6 is 11.3 Å². The highest BCUT2D eigenvalue weighted by atomic mass is 32.1. The summed E-state index contributed by atoms with van der Waals surface area (Å²) >= 11 is 1.56. The standard InChI is InChI=1S/C13H18N2O2S/c1-8-12(13(16)15-10-4-5-17-7-10)18-11(14-8)6-9-2-3-9/h9-10H,2-7H2,1H3,(H,15,16). The van der Waals surface area contributed by atoms with E-state index in [-0.39, 0.29) is 11.9 Å². The van der Waals surface area contributed by atoms with Crippen molar-refractivity contribution in [3.8, 4) is 0 Å². The normalized spacial score (nSPS) is 23.3. The third-order valence-electron chi connectivity index (χ3n) is 3.47. The molecule has 0 spiro atoms. The molecule has 1 amide bonds. The number of nitrogens with one attached hydrogen (secondary N) is 1. The monoisotopic (exact) mass is 266 g/mol. The highest BCUT2D eigenvalue weighted by molar-refractivity contribution is 7.13. The molecule has 1 aromatic rings. The van der Waals surface area contributed by atoms with Crippen LogP contribution in [-0.2, 0) is 11.2 Å². The van der Waals surface area contributed by atoms with Gasteiger partial charge in [-0.05, 0) is 32.1 Å². The van der Waals surface area contributed by atoms with E-state index in [9.17, 15) is 4.79 Å². The number of nitrogens with zero attached hydrogens (tertiary/aromatic N) is 1. The van der Waals surface area contributed by atoms with E-state index in [1.807, 2.05) is 6.92 Å². The number of aromatic nitrogens is 1. The van der Waals surface area contributed by atoms with E-state index in [2.05, 4.69) is 10.3 Å². The summed E-state index contributed by atoms with van der Waals surface area (Å²) in [4.78, 5) is 17.4. The van der Waals surface area contributed by atoms with Gasteiger partial charge in [0.1, 0.15) is 4.88 Å². The first-order chi connectivity index (χ1) is 8.72. The van der Waals surface area contributed by atoms with Gasteiger partial charge in [0, 0.05) is 13.0 Å². The van der Waals surface area contributed by atoms with Crippen LogP contribution < -0.4 is 5.32 Å². The molecule has 1 aliphatic carbocycles. The molecule has 1 saturated heterocycles. The number of hydrogen-bond acceptors (Lipinski definition) is 4. The molecule has 1 aromatic heterocycles. The Morgan fingerprint density at radius 2 is 2.33 bits per heavy atom. The molecule has 2 heterocycles. The first-order valence-corrected chi connectivity index (χ1v) is 7.39. The zero-order valence-electron chi connectivity index (χ0n) is 10.6. The van der Waals surface area contributed by atoms with Gasteiger partial charge in [0.15, 0.2) is 0 Å². The summed E-state index contributed by atoms with van der Waals surface area (Å²) in [6, 6.07) is 0.172. The lowest BCUT2D eigenvalue weighted by Crippen LogP contribution is -2.34. The molecule has 1 aliphatic heterocycles. The van der Waals surface area contributed by atoms with Gasteiger partial charge in [0.05, 0.1) is 23.4 Å². The lowest BCUT2D eigenvalue weighted by molar-refractivity contribution is 0.0933. The van der Waals surface area contributed by atoms with Gasteiger partial charge in [-0.1, -0.05) is 0 Å². The van der Waals surface area contributed by atoms with Crippen molar-refractivity contribution >= 4 is 17.2 Å². The Labute approximate surface area is 111 Å². The zero-order chi connectivity index (χ0) is 12.5. The van der Waals surface area contributed by atoms with Gasteiger partial charge in [-0.25, -0.2) is 4.98 Å². The average molecular weight is 266 g/mol. The van der Waals surface area contributed by atoms with Gasteiger partial charge >= 0.3 is 0 Å². The molecule has 1 unspecified atom stereocenters. The Morgan fingerprint density at radius 3 is 3.00 bits per heavy atom. The maximum Gasteiger partial charge on any atom is 0.263 e. The van der Waals surface area contributed by atoms with Crippen molar-refractivity contribution in [1.82, 2.24) is 10.3 Å². The molecule has 0 radical (unpaired) electrons. The van der Waals surface area contributed by atoms with E-state index in [0.717, 1.165) is 40.9 Å². The number of thiazole rings is 1. The van der Waals surface area contributed by atoms with E-state index in [1.165, 1.54) is 12.8 Å². The van der Waals surface area contributed by atoms with E-state index >= 15 is 0 Å².